The molecule has 0 radical (unpaired) electrons. The highest BCUT2D eigenvalue weighted by molar-refractivity contribution is 5.44. The highest BCUT2D eigenvalue weighted by Crippen LogP contribution is 2.20. The lowest BCUT2D eigenvalue weighted by Crippen LogP contribution is -2.11. The van der Waals surface area contributed by atoms with Crippen LogP contribution in [0.25, 0.3) is 5.69 Å². The van der Waals surface area contributed by atoms with Gasteiger partial charge in [0.2, 0.25) is 0 Å². The van der Waals surface area contributed by atoms with Crippen LogP contribution in [0, 0.1) is 13.8 Å². The number of imidazole rings is 1. The van der Waals surface area contributed by atoms with E-state index in [1.165, 1.54) is 11.1 Å². The van der Waals surface area contributed by atoms with Crippen molar-refractivity contribution in [2.75, 3.05) is 0 Å². The SMILES string of the molecule is Cc1ccc(C)c(-n2cncc2[C@H](C)N)c1. The molecule has 2 N–H and O–H groups in total. The number of benzene rings is 1. The van der Waals surface area contributed by atoms with Gasteiger partial charge in [0, 0.05) is 11.7 Å². The van der Waals surface area contributed by atoms with Crippen LogP contribution in [0.5, 0.6) is 0 Å². The van der Waals surface area contributed by atoms with E-state index in [1.54, 1.807) is 0 Å². The number of nitrogens with zero attached hydrogens (tertiary/aromatic N) is 2. The van der Waals surface area contributed by atoms with E-state index in [0.717, 1.165) is 11.4 Å². The molecule has 0 unspecified atom stereocenters. The average Bonchev–Trinajstić information content (AvgIpc) is 2.70. The van der Waals surface area contributed by atoms with Crippen molar-refractivity contribution in [3.05, 3.63) is 47.5 Å². The van der Waals surface area contributed by atoms with Crippen LogP contribution >= 0.6 is 0 Å². The van der Waals surface area contributed by atoms with Crippen LogP contribution in [0.3, 0.4) is 0 Å². The van der Waals surface area contributed by atoms with Gasteiger partial charge in [-0.1, -0.05) is 12.1 Å². The molecule has 3 nitrogen and oxygen atoms in total. The van der Waals surface area contributed by atoms with Crippen molar-refractivity contribution in [1.82, 2.24) is 9.55 Å². The zero-order valence-electron chi connectivity index (χ0n) is 9.94. The minimum absolute atomic E-state index is 0.0117. The summed E-state index contributed by atoms with van der Waals surface area (Å²) in [6.07, 6.45) is 3.65. The molecule has 1 aromatic carbocycles. The maximum absolute atomic E-state index is 5.92. The molecule has 2 rings (SSSR count). The fourth-order valence-corrected chi connectivity index (χ4v) is 1.82. The lowest BCUT2D eigenvalue weighted by Gasteiger charge is -2.13. The molecule has 1 atom stereocenters. The molecule has 2 aromatic rings. The summed E-state index contributed by atoms with van der Waals surface area (Å²) in [6.45, 7) is 6.16. The normalized spacial score (nSPS) is 12.8. The highest BCUT2D eigenvalue weighted by Gasteiger charge is 2.09. The number of aromatic nitrogens is 2. The summed E-state index contributed by atoms with van der Waals surface area (Å²) in [5.74, 6) is 0. The predicted octanol–water partition coefficient (Wildman–Crippen LogP) is 2.51. The zero-order valence-corrected chi connectivity index (χ0v) is 9.94. The van der Waals surface area contributed by atoms with Crippen LogP contribution in [-0.2, 0) is 0 Å². The van der Waals surface area contributed by atoms with Gasteiger partial charge in [0.25, 0.3) is 0 Å². The summed E-state index contributed by atoms with van der Waals surface area (Å²) >= 11 is 0. The molecule has 0 aliphatic rings. The Morgan fingerprint density at radius 1 is 1.31 bits per heavy atom. The van der Waals surface area contributed by atoms with Crippen molar-refractivity contribution in [2.45, 2.75) is 26.8 Å². The van der Waals surface area contributed by atoms with Gasteiger partial charge in [-0.25, -0.2) is 4.98 Å². The first-order valence-electron chi connectivity index (χ1n) is 5.45. The fraction of sp³-hybridized carbons (Fsp3) is 0.308. The second kappa shape index (κ2) is 4.10. The van der Waals surface area contributed by atoms with E-state index in [9.17, 15) is 0 Å². The fourth-order valence-electron chi connectivity index (χ4n) is 1.82. The maximum Gasteiger partial charge on any atom is 0.0994 e. The van der Waals surface area contributed by atoms with Crippen LogP contribution in [0.4, 0.5) is 0 Å². The van der Waals surface area contributed by atoms with Crippen molar-refractivity contribution >= 4 is 0 Å². The topological polar surface area (TPSA) is 43.8 Å². The van der Waals surface area contributed by atoms with Gasteiger partial charge < -0.3 is 10.3 Å². The van der Waals surface area contributed by atoms with Gasteiger partial charge >= 0.3 is 0 Å². The molecule has 0 aliphatic heterocycles. The first-order chi connectivity index (χ1) is 7.59. The smallest absolute Gasteiger partial charge is 0.0994 e. The Labute approximate surface area is 95.9 Å². The number of nitrogens with two attached hydrogens (primary N) is 1. The Hall–Kier alpha value is -1.61. The second-order valence-electron chi connectivity index (χ2n) is 4.27. The summed E-state index contributed by atoms with van der Waals surface area (Å²) in [7, 11) is 0. The third-order valence-electron chi connectivity index (χ3n) is 2.76. The van der Waals surface area contributed by atoms with E-state index in [2.05, 4.69) is 41.6 Å². The lowest BCUT2D eigenvalue weighted by atomic mass is 10.1. The van der Waals surface area contributed by atoms with Crippen molar-refractivity contribution < 1.29 is 0 Å². The first-order valence-corrected chi connectivity index (χ1v) is 5.45. The van der Waals surface area contributed by atoms with E-state index in [4.69, 9.17) is 5.73 Å². The number of aryl methyl sites for hydroxylation is 2. The van der Waals surface area contributed by atoms with Crippen LogP contribution in [0.1, 0.15) is 29.8 Å². The molecule has 0 saturated heterocycles. The molecular formula is C13H17N3. The average molecular weight is 215 g/mol. The van der Waals surface area contributed by atoms with E-state index in [1.807, 2.05) is 19.4 Å². The standard InChI is InChI=1S/C13H17N3/c1-9-4-5-10(2)12(6-9)16-8-15-7-13(16)11(3)14/h4-8,11H,14H2,1-3H3/t11-/m0/s1. The van der Waals surface area contributed by atoms with Crippen LogP contribution in [0.2, 0.25) is 0 Å². The number of rotatable bonds is 2. The van der Waals surface area contributed by atoms with Gasteiger partial charge in [0.1, 0.15) is 0 Å². The molecule has 1 heterocycles. The summed E-state index contributed by atoms with van der Waals surface area (Å²) < 4.78 is 2.06. The molecule has 0 fully saturated rings. The van der Waals surface area contributed by atoms with Crippen LogP contribution in [-0.4, -0.2) is 9.55 Å². The number of hydrogen-bond donors (Lipinski definition) is 1. The minimum Gasteiger partial charge on any atom is -0.323 e. The Morgan fingerprint density at radius 2 is 2.06 bits per heavy atom. The molecule has 0 aliphatic carbocycles. The van der Waals surface area contributed by atoms with Gasteiger partial charge in [-0.2, -0.15) is 0 Å². The van der Waals surface area contributed by atoms with Gasteiger partial charge in [-0.3, -0.25) is 0 Å². The quantitative estimate of drug-likeness (QED) is 0.836. The lowest BCUT2D eigenvalue weighted by molar-refractivity contribution is 0.751. The van der Waals surface area contributed by atoms with Crippen molar-refractivity contribution in [1.29, 1.82) is 0 Å². The molecule has 84 valence electrons. The van der Waals surface area contributed by atoms with Crippen LogP contribution in [0.15, 0.2) is 30.7 Å². The summed E-state index contributed by atoms with van der Waals surface area (Å²) in [6, 6.07) is 6.38. The van der Waals surface area contributed by atoms with E-state index < -0.39 is 0 Å². The molecule has 3 heteroatoms. The second-order valence-corrected chi connectivity index (χ2v) is 4.27. The third-order valence-corrected chi connectivity index (χ3v) is 2.76. The van der Waals surface area contributed by atoms with Gasteiger partial charge in [0.05, 0.1) is 18.2 Å². The molecule has 0 saturated carbocycles. The molecular weight excluding hydrogens is 198 g/mol. The van der Waals surface area contributed by atoms with Gasteiger partial charge in [-0.15, -0.1) is 0 Å². The maximum atomic E-state index is 5.92. The Morgan fingerprint density at radius 3 is 2.75 bits per heavy atom. The predicted molar refractivity (Wildman–Crippen MR) is 65.6 cm³/mol. The largest absolute Gasteiger partial charge is 0.323 e. The molecule has 1 aromatic heterocycles. The van der Waals surface area contributed by atoms with E-state index in [-0.39, 0.29) is 6.04 Å². The molecule has 0 amide bonds. The Bertz CT molecular complexity index is 498. The third kappa shape index (κ3) is 1.86. The highest BCUT2D eigenvalue weighted by atomic mass is 15.1. The molecule has 16 heavy (non-hydrogen) atoms. The molecule has 0 spiro atoms. The van der Waals surface area contributed by atoms with Gasteiger partial charge in [-0.05, 0) is 38.0 Å². The van der Waals surface area contributed by atoms with E-state index >= 15 is 0 Å². The van der Waals surface area contributed by atoms with Gasteiger partial charge in [0.15, 0.2) is 0 Å². The zero-order chi connectivity index (χ0) is 11.7. The van der Waals surface area contributed by atoms with Crippen molar-refractivity contribution in [3.63, 3.8) is 0 Å². The van der Waals surface area contributed by atoms with Crippen molar-refractivity contribution in [2.24, 2.45) is 5.73 Å². The van der Waals surface area contributed by atoms with E-state index in [0.29, 0.717) is 0 Å². The minimum atomic E-state index is -0.0117. The Kier molecular flexibility index (Phi) is 2.79. The summed E-state index contributed by atoms with van der Waals surface area (Å²) in [5.41, 5.74) is 10.6. The summed E-state index contributed by atoms with van der Waals surface area (Å²) in [4.78, 5) is 4.17. The summed E-state index contributed by atoms with van der Waals surface area (Å²) in [5, 5.41) is 0. The molecule has 0 bridgehead atoms. The number of hydrogen-bond acceptors (Lipinski definition) is 2. The first kappa shape index (κ1) is 10.9. The van der Waals surface area contributed by atoms with Crippen LogP contribution < -0.4 is 5.73 Å². The monoisotopic (exact) mass is 215 g/mol. The van der Waals surface area contributed by atoms with Crippen molar-refractivity contribution in [3.8, 4) is 5.69 Å². The Balaban J connectivity index is 2.58.